The highest BCUT2D eigenvalue weighted by molar-refractivity contribution is 5.03. The third-order valence-corrected chi connectivity index (χ3v) is 3.61. The van der Waals surface area contributed by atoms with Crippen molar-refractivity contribution < 1.29 is 4.74 Å². The molecule has 2 atom stereocenters. The van der Waals surface area contributed by atoms with Gasteiger partial charge in [0.25, 0.3) is 0 Å². The molecule has 0 aliphatic heterocycles. The summed E-state index contributed by atoms with van der Waals surface area (Å²) in [7, 11) is 1.67. The number of nitriles is 1. The Balaban J connectivity index is 2.61. The number of hydrogen-bond acceptors (Lipinski definition) is 2. The van der Waals surface area contributed by atoms with E-state index in [2.05, 4.69) is 19.9 Å². The van der Waals surface area contributed by atoms with Gasteiger partial charge in [-0.1, -0.05) is 20.3 Å². The smallest absolute Gasteiger partial charge is 0.153 e. The van der Waals surface area contributed by atoms with Gasteiger partial charge in [-0.05, 0) is 37.5 Å². The zero-order valence-corrected chi connectivity index (χ0v) is 9.55. The van der Waals surface area contributed by atoms with Crippen molar-refractivity contribution in [2.75, 3.05) is 7.11 Å². The molecule has 0 N–H and O–H groups in total. The highest BCUT2D eigenvalue weighted by Crippen LogP contribution is 2.35. The van der Waals surface area contributed by atoms with Gasteiger partial charge in [-0.2, -0.15) is 5.26 Å². The van der Waals surface area contributed by atoms with Crippen molar-refractivity contribution in [2.45, 2.75) is 51.6 Å². The van der Waals surface area contributed by atoms with E-state index in [0.29, 0.717) is 0 Å². The molecule has 2 unspecified atom stereocenters. The van der Waals surface area contributed by atoms with E-state index < -0.39 is 5.60 Å². The van der Waals surface area contributed by atoms with E-state index in [4.69, 9.17) is 10.00 Å². The molecule has 0 heterocycles. The van der Waals surface area contributed by atoms with Gasteiger partial charge in [0.15, 0.2) is 5.60 Å². The van der Waals surface area contributed by atoms with Crippen LogP contribution in [0.4, 0.5) is 0 Å². The predicted molar refractivity (Wildman–Crippen MR) is 56.8 cm³/mol. The molecule has 0 aromatic carbocycles. The van der Waals surface area contributed by atoms with Crippen LogP contribution in [0.25, 0.3) is 0 Å². The summed E-state index contributed by atoms with van der Waals surface area (Å²) in [5, 5.41) is 9.12. The normalized spacial score (nSPS) is 33.8. The van der Waals surface area contributed by atoms with E-state index in [1.807, 2.05) is 0 Å². The molecule has 2 nitrogen and oxygen atoms in total. The van der Waals surface area contributed by atoms with Gasteiger partial charge >= 0.3 is 0 Å². The Bertz CT molecular complexity index is 219. The molecule has 1 aliphatic carbocycles. The van der Waals surface area contributed by atoms with Crippen LogP contribution in [0, 0.1) is 23.2 Å². The Labute approximate surface area is 87.3 Å². The summed E-state index contributed by atoms with van der Waals surface area (Å²) in [6, 6.07) is 2.34. The first kappa shape index (κ1) is 11.5. The van der Waals surface area contributed by atoms with E-state index in [1.54, 1.807) is 7.11 Å². The van der Waals surface area contributed by atoms with Crippen molar-refractivity contribution in [1.82, 2.24) is 0 Å². The molecule has 1 fully saturated rings. The number of methoxy groups -OCH3 is 1. The number of ether oxygens (including phenoxy) is 1. The average Bonchev–Trinajstić information content (AvgIpc) is 2.40. The molecule has 1 saturated carbocycles. The van der Waals surface area contributed by atoms with Crippen molar-refractivity contribution in [3.63, 3.8) is 0 Å². The summed E-state index contributed by atoms with van der Waals surface area (Å²) < 4.78 is 5.37. The molecule has 0 spiro atoms. The molecule has 0 bridgehead atoms. The van der Waals surface area contributed by atoms with Crippen LogP contribution in [0.15, 0.2) is 0 Å². The standard InChI is InChI=1S/C12H21NO/c1-10(2)11-5-4-7-12(9-13,14-3)8-6-11/h10-11H,4-8H2,1-3H3. The van der Waals surface area contributed by atoms with Crippen LogP contribution in [0.3, 0.4) is 0 Å². The maximum atomic E-state index is 9.12. The summed E-state index contributed by atoms with van der Waals surface area (Å²) in [6.07, 6.45) is 5.33. The summed E-state index contributed by atoms with van der Waals surface area (Å²) in [5.74, 6) is 1.52. The SMILES string of the molecule is COC1(C#N)CCCC(C(C)C)CC1. The van der Waals surface area contributed by atoms with E-state index in [0.717, 1.165) is 37.5 Å². The molecule has 0 aromatic heterocycles. The monoisotopic (exact) mass is 195 g/mol. The second kappa shape index (κ2) is 4.79. The first-order chi connectivity index (χ1) is 6.63. The molecule has 2 heteroatoms. The third kappa shape index (κ3) is 2.48. The van der Waals surface area contributed by atoms with Gasteiger partial charge in [-0.25, -0.2) is 0 Å². The van der Waals surface area contributed by atoms with Gasteiger partial charge in [0.2, 0.25) is 0 Å². The van der Waals surface area contributed by atoms with Crippen molar-refractivity contribution in [3.8, 4) is 6.07 Å². The van der Waals surface area contributed by atoms with E-state index in [-0.39, 0.29) is 0 Å². The summed E-state index contributed by atoms with van der Waals surface area (Å²) >= 11 is 0. The van der Waals surface area contributed by atoms with Crippen molar-refractivity contribution in [1.29, 1.82) is 5.26 Å². The summed E-state index contributed by atoms with van der Waals surface area (Å²) in [4.78, 5) is 0. The van der Waals surface area contributed by atoms with Crippen LogP contribution in [-0.2, 0) is 4.74 Å². The van der Waals surface area contributed by atoms with Crippen LogP contribution >= 0.6 is 0 Å². The molecule has 1 aliphatic rings. The molecule has 0 aromatic rings. The van der Waals surface area contributed by atoms with E-state index >= 15 is 0 Å². The fourth-order valence-corrected chi connectivity index (χ4v) is 2.37. The molecular formula is C12H21NO. The second-order valence-electron chi connectivity index (χ2n) is 4.75. The Kier molecular flexibility index (Phi) is 3.95. The number of rotatable bonds is 2. The van der Waals surface area contributed by atoms with Gasteiger partial charge in [0.05, 0.1) is 6.07 Å². The average molecular weight is 195 g/mol. The molecule has 1 rings (SSSR count). The molecule has 0 amide bonds. The fourth-order valence-electron chi connectivity index (χ4n) is 2.37. The highest BCUT2D eigenvalue weighted by Gasteiger charge is 2.33. The van der Waals surface area contributed by atoms with Crippen LogP contribution in [-0.4, -0.2) is 12.7 Å². The quantitative estimate of drug-likeness (QED) is 0.634. The minimum absolute atomic E-state index is 0.482. The van der Waals surface area contributed by atoms with Crippen LogP contribution in [0.2, 0.25) is 0 Å². The van der Waals surface area contributed by atoms with Crippen molar-refractivity contribution in [3.05, 3.63) is 0 Å². The first-order valence-electron chi connectivity index (χ1n) is 5.60. The van der Waals surface area contributed by atoms with Crippen LogP contribution < -0.4 is 0 Å². The Hall–Kier alpha value is -0.550. The maximum absolute atomic E-state index is 9.12. The molecule has 14 heavy (non-hydrogen) atoms. The van der Waals surface area contributed by atoms with Gasteiger partial charge in [0.1, 0.15) is 0 Å². The molecule has 80 valence electrons. The Morgan fingerprint density at radius 2 is 2.07 bits per heavy atom. The maximum Gasteiger partial charge on any atom is 0.153 e. The van der Waals surface area contributed by atoms with Crippen molar-refractivity contribution >= 4 is 0 Å². The largest absolute Gasteiger partial charge is 0.363 e. The predicted octanol–water partition coefficient (Wildman–Crippen LogP) is 3.13. The van der Waals surface area contributed by atoms with Gasteiger partial charge in [0, 0.05) is 7.11 Å². The van der Waals surface area contributed by atoms with Crippen LogP contribution in [0.1, 0.15) is 46.0 Å². The van der Waals surface area contributed by atoms with Crippen molar-refractivity contribution in [2.24, 2.45) is 11.8 Å². The third-order valence-electron chi connectivity index (χ3n) is 3.61. The minimum atomic E-state index is -0.482. The van der Waals surface area contributed by atoms with Gasteiger partial charge < -0.3 is 4.74 Å². The first-order valence-corrected chi connectivity index (χ1v) is 5.60. The van der Waals surface area contributed by atoms with E-state index in [1.165, 1.54) is 6.42 Å². The lowest BCUT2D eigenvalue weighted by Crippen LogP contribution is -2.28. The number of hydrogen-bond donors (Lipinski definition) is 0. The second-order valence-corrected chi connectivity index (χ2v) is 4.75. The van der Waals surface area contributed by atoms with Gasteiger partial charge in [-0.3, -0.25) is 0 Å². The zero-order valence-electron chi connectivity index (χ0n) is 9.55. The topological polar surface area (TPSA) is 33.0 Å². The lowest BCUT2D eigenvalue weighted by molar-refractivity contribution is 0.0251. The highest BCUT2D eigenvalue weighted by atomic mass is 16.5. The lowest BCUT2D eigenvalue weighted by atomic mass is 9.88. The fraction of sp³-hybridized carbons (Fsp3) is 0.917. The van der Waals surface area contributed by atoms with Crippen LogP contribution in [0.5, 0.6) is 0 Å². The molecule has 0 radical (unpaired) electrons. The summed E-state index contributed by atoms with van der Waals surface area (Å²) in [5.41, 5.74) is -0.482. The minimum Gasteiger partial charge on any atom is -0.363 e. The Morgan fingerprint density at radius 3 is 2.57 bits per heavy atom. The van der Waals surface area contributed by atoms with Gasteiger partial charge in [-0.15, -0.1) is 0 Å². The number of nitrogens with zero attached hydrogens (tertiary/aromatic N) is 1. The molecule has 0 saturated heterocycles. The Morgan fingerprint density at radius 1 is 1.36 bits per heavy atom. The van der Waals surface area contributed by atoms with E-state index in [9.17, 15) is 0 Å². The lowest BCUT2D eigenvalue weighted by Gasteiger charge is -2.23. The zero-order chi connectivity index (χ0) is 10.6. The molecular weight excluding hydrogens is 174 g/mol. The summed E-state index contributed by atoms with van der Waals surface area (Å²) in [6.45, 7) is 4.55.